The second-order valence-electron chi connectivity index (χ2n) is 2.26. The maximum Gasteiger partial charge on any atom is 0.490 e. The highest BCUT2D eigenvalue weighted by molar-refractivity contribution is 7.86. The molecule has 0 saturated heterocycles. The molecule has 3 N–H and O–H groups in total. The van der Waals surface area contributed by atoms with Crippen molar-refractivity contribution in [1.82, 2.24) is 0 Å². The quantitative estimate of drug-likeness (QED) is 0.691. The molecule has 0 rings (SSSR count). The number of alkyl halides is 3. The first-order chi connectivity index (χ1) is 7.06. The molecule has 16 heavy (non-hydrogen) atoms. The fraction of sp³-hybridized carbons (Fsp3) is 0.833. The molecule has 0 saturated carbocycles. The summed E-state index contributed by atoms with van der Waals surface area (Å²) in [5.41, 5.74) is 4.99. The van der Waals surface area contributed by atoms with Crippen molar-refractivity contribution in [3.63, 3.8) is 0 Å². The van der Waals surface area contributed by atoms with Gasteiger partial charge in [-0.15, -0.1) is 0 Å². The zero-order chi connectivity index (χ0) is 13.4. The van der Waals surface area contributed by atoms with Crippen LogP contribution in [0.1, 0.15) is 6.92 Å². The number of hydrogen-bond donors (Lipinski definition) is 2. The Morgan fingerprint density at radius 1 is 1.44 bits per heavy atom. The molecule has 0 aliphatic heterocycles. The molecule has 98 valence electrons. The minimum atomic E-state index is -5.08. The molecular weight excluding hydrogens is 255 g/mol. The molecule has 0 aromatic heterocycles. The smallest absolute Gasteiger partial charge is 0.475 e. The Bertz CT molecular complexity index is 288. The number of carboxylic acid groups (broad SMARTS) is 1. The number of rotatable bonds is 4. The summed E-state index contributed by atoms with van der Waals surface area (Å²) in [7, 11) is -3.31. The maximum atomic E-state index is 10.6. The highest BCUT2D eigenvalue weighted by atomic mass is 32.2. The van der Waals surface area contributed by atoms with Crippen molar-refractivity contribution >= 4 is 16.1 Å². The van der Waals surface area contributed by atoms with Gasteiger partial charge in [0.05, 0.1) is 12.4 Å². The molecular formula is C6H12F3NO5S. The fourth-order valence-electron chi connectivity index (χ4n) is 0.383. The molecule has 0 aromatic carbocycles. The van der Waals surface area contributed by atoms with Crippen LogP contribution in [0.3, 0.4) is 0 Å². The number of carboxylic acids is 1. The van der Waals surface area contributed by atoms with Crippen molar-refractivity contribution in [2.45, 2.75) is 13.1 Å². The lowest BCUT2D eigenvalue weighted by Crippen LogP contribution is -2.21. The molecule has 6 nitrogen and oxygen atoms in total. The van der Waals surface area contributed by atoms with Gasteiger partial charge in [-0.05, 0) is 6.92 Å². The minimum absolute atomic E-state index is 0.0964. The SMILES string of the molecule is CCOS(=O)(=O)CCN.O=C(O)C(F)(F)F. The third-order valence-electron chi connectivity index (χ3n) is 0.908. The zero-order valence-corrected chi connectivity index (χ0v) is 9.14. The summed E-state index contributed by atoms with van der Waals surface area (Å²) in [4.78, 5) is 8.90. The zero-order valence-electron chi connectivity index (χ0n) is 8.32. The van der Waals surface area contributed by atoms with E-state index in [0.29, 0.717) is 0 Å². The van der Waals surface area contributed by atoms with Crippen LogP contribution in [-0.4, -0.2) is 44.6 Å². The molecule has 0 fully saturated rings. The highest BCUT2D eigenvalue weighted by Gasteiger charge is 2.38. The van der Waals surface area contributed by atoms with E-state index in [-0.39, 0.29) is 18.9 Å². The van der Waals surface area contributed by atoms with Gasteiger partial charge >= 0.3 is 12.1 Å². The van der Waals surface area contributed by atoms with Gasteiger partial charge in [0.1, 0.15) is 0 Å². The van der Waals surface area contributed by atoms with Crippen molar-refractivity contribution < 1.29 is 35.7 Å². The second-order valence-corrected chi connectivity index (χ2v) is 4.02. The molecule has 0 unspecified atom stereocenters. The summed E-state index contributed by atoms with van der Waals surface area (Å²) in [6, 6.07) is 0. The predicted molar refractivity (Wildman–Crippen MR) is 48.2 cm³/mol. The van der Waals surface area contributed by atoms with Crippen LogP contribution in [0, 0.1) is 0 Å². The van der Waals surface area contributed by atoms with Crippen LogP contribution in [-0.2, 0) is 19.1 Å². The van der Waals surface area contributed by atoms with E-state index in [1.54, 1.807) is 6.92 Å². The van der Waals surface area contributed by atoms with Crippen LogP contribution in [0.4, 0.5) is 13.2 Å². The molecule has 0 amide bonds. The first-order valence-electron chi connectivity index (χ1n) is 3.94. The van der Waals surface area contributed by atoms with Crippen molar-refractivity contribution in [2.75, 3.05) is 18.9 Å². The molecule has 0 bridgehead atoms. The Morgan fingerprint density at radius 2 is 1.81 bits per heavy atom. The van der Waals surface area contributed by atoms with Crippen LogP contribution < -0.4 is 5.73 Å². The number of carbonyl (C=O) groups is 1. The molecule has 0 radical (unpaired) electrons. The standard InChI is InChI=1S/C4H11NO3S.C2HF3O2/c1-2-8-9(6,7)4-3-5;3-2(4,5)1(6)7/h2-5H2,1H3;(H,6,7). The maximum absolute atomic E-state index is 10.6. The van der Waals surface area contributed by atoms with E-state index in [0.717, 1.165) is 0 Å². The van der Waals surface area contributed by atoms with Gasteiger partial charge in [-0.25, -0.2) is 4.79 Å². The lowest BCUT2D eigenvalue weighted by Gasteiger charge is -1.98. The minimum Gasteiger partial charge on any atom is -0.475 e. The Kier molecular flexibility index (Phi) is 8.12. The van der Waals surface area contributed by atoms with Gasteiger partial charge in [0.25, 0.3) is 10.1 Å². The first-order valence-corrected chi connectivity index (χ1v) is 5.51. The van der Waals surface area contributed by atoms with Crippen LogP contribution >= 0.6 is 0 Å². The molecule has 0 aromatic rings. The van der Waals surface area contributed by atoms with E-state index >= 15 is 0 Å². The van der Waals surface area contributed by atoms with Crippen LogP contribution in [0.15, 0.2) is 0 Å². The average molecular weight is 267 g/mol. The van der Waals surface area contributed by atoms with Crippen molar-refractivity contribution in [2.24, 2.45) is 5.73 Å². The van der Waals surface area contributed by atoms with E-state index in [4.69, 9.17) is 15.6 Å². The summed E-state index contributed by atoms with van der Waals surface area (Å²) in [5.74, 6) is -2.85. The van der Waals surface area contributed by atoms with Crippen LogP contribution in [0.2, 0.25) is 0 Å². The van der Waals surface area contributed by atoms with Crippen molar-refractivity contribution in [3.8, 4) is 0 Å². The van der Waals surface area contributed by atoms with Gasteiger partial charge in [0.2, 0.25) is 0 Å². The summed E-state index contributed by atoms with van der Waals surface area (Å²) in [6.07, 6.45) is -5.08. The number of aliphatic carboxylic acids is 1. The lowest BCUT2D eigenvalue weighted by atomic mass is 10.7. The molecule has 0 spiro atoms. The first kappa shape index (κ1) is 17.5. The molecule has 0 aliphatic carbocycles. The number of nitrogens with two attached hydrogens (primary N) is 1. The molecule has 0 heterocycles. The van der Waals surface area contributed by atoms with E-state index in [9.17, 15) is 21.6 Å². The number of halogens is 3. The van der Waals surface area contributed by atoms with Gasteiger partial charge in [-0.2, -0.15) is 21.6 Å². The van der Waals surface area contributed by atoms with E-state index in [1.807, 2.05) is 0 Å². The van der Waals surface area contributed by atoms with E-state index in [2.05, 4.69) is 4.18 Å². The van der Waals surface area contributed by atoms with E-state index in [1.165, 1.54) is 0 Å². The Morgan fingerprint density at radius 3 is 2.00 bits per heavy atom. The largest absolute Gasteiger partial charge is 0.490 e. The summed E-state index contributed by atoms with van der Waals surface area (Å²) < 4.78 is 57.2. The average Bonchev–Trinajstić information content (AvgIpc) is 2.02. The summed E-state index contributed by atoms with van der Waals surface area (Å²) in [6.45, 7) is 1.92. The van der Waals surface area contributed by atoms with Gasteiger partial charge in [0.15, 0.2) is 0 Å². The third kappa shape index (κ3) is 11.2. The molecule has 0 aliphatic rings. The topological polar surface area (TPSA) is 107 Å². The predicted octanol–water partition coefficient (Wildman–Crippen LogP) is -0.0553. The second kappa shape index (κ2) is 7.41. The molecule has 10 heteroatoms. The third-order valence-corrected chi connectivity index (χ3v) is 2.24. The van der Waals surface area contributed by atoms with Crippen LogP contribution in [0.5, 0.6) is 0 Å². The van der Waals surface area contributed by atoms with E-state index < -0.39 is 22.3 Å². The number of hydrogen-bond acceptors (Lipinski definition) is 5. The Labute approximate surface area is 90.3 Å². The Balaban J connectivity index is 0. The monoisotopic (exact) mass is 267 g/mol. The van der Waals surface area contributed by atoms with Gasteiger partial charge < -0.3 is 10.8 Å². The van der Waals surface area contributed by atoms with Gasteiger partial charge in [-0.1, -0.05) is 0 Å². The normalized spacial score (nSPS) is 11.6. The van der Waals surface area contributed by atoms with Gasteiger partial charge in [-0.3, -0.25) is 4.18 Å². The summed E-state index contributed by atoms with van der Waals surface area (Å²) in [5, 5.41) is 7.12. The summed E-state index contributed by atoms with van der Waals surface area (Å²) >= 11 is 0. The van der Waals surface area contributed by atoms with Crippen LogP contribution in [0.25, 0.3) is 0 Å². The lowest BCUT2D eigenvalue weighted by molar-refractivity contribution is -0.192. The Hall–Kier alpha value is -0.870. The molecule has 0 atom stereocenters. The van der Waals surface area contributed by atoms with Crippen molar-refractivity contribution in [3.05, 3.63) is 0 Å². The van der Waals surface area contributed by atoms with Crippen molar-refractivity contribution in [1.29, 1.82) is 0 Å². The fourth-order valence-corrected chi connectivity index (χ4v) is 1.15. The van der Waals surface area contributed by atoms with Gasteiger partial charge in [0, 0.05) is 6.54 Å². The highest BCUT2D eigenvalue weighted by Crippen LogP contribution is 2.13.